The van der Waals surface area contributed by atoms with Crippen LogP contribution in [0.1, 0.15) is 12.5 Å². The molecule has 5 heteroatoms. The van der Waals surface area contributed by atoms with Crippen molar-refractivity contribution in [3.63, 3.8) is 0 Å². The molecule has 0 saturated carbocycles. The fourth-order valence-corrected chi connectivity index (χ4v) is 2.38. The van der Waals surface area contributed by atoms with Gasteiger partial charge in [0.15, 0.2) is 0 Å². The summed E-state index contributed by atoms with van der Waals surface area (Å²) in [5.41, 5.74) is 2.05. The molecular formula is C12H14BrNO3. The number of fused-ring (bicyclic) bond motifs is 1. The molecule has 0 saturated heterocycles. The Hall–Kier alpha value is -1.23. The monoisotopic (exact) mass is 299 g/mol. The average Bonchev–Trinajstić information content (AvgIpc) is 2.26. The predicted molar refractivity (Wildman–Crippen MR) is 68.4 cm³/mol. The van der Waals surface area contributed by atoms with Crippen LogP contribution in [0.25, 0.3) is 0 Å². The van der Waals surface area contributed by atoms with Gasteiger partial charge >= 0.3 is 5.97 Å². The van der Waals surface area contributed by atoms with E-state index in [4.69, 9.17) is 9.47 Å². The maximum absolute atomic E-state index is 10.7. The first-order chi connectivity index (χ1) is 8.06. The molecule has 0 fully saturated rings. The van der Waals surface area contributed by atoms with Crippen LogP contribution in [0, 0.1) is 6.92 Å². The van der Waals surface area contributed by atoms with Crippen LogP contribution in [0.15, 0.2) is 16.6 Å². The van der Waals surface area contributed by atoms with E-state index in [0.29, 0.717) is 13.2 Å². The summed E-state index contributed by atoms with van der Waals surface area (Å²) in [4.78, 5) is 10.7. The lowest BCUT2D eigenvalue weighted by Crippen LogP contribution is -2.36. The molecule has 0 radical (unpaired) electrons. The molecule has 1 unspecified atom stereocenters. The van der Waals surface area contributed by atoms with E-state index in [1.54, 1.807) is 0 Å². The Bertz CT molecular complexity index is 448. The molecule has 1 N–H and O–H groups in total. The maximum Gasteiger partial charge on any atom is 0.302 e. The molecule has 17 heavy (non-hydrogen) atoms. The molecule has 2 rings (SSSR count). The van der Waals surface area contributed by atoms with Gasteiger partial charge in [0.25, 0.3) is 0 Å². The summed E-state index contributed by atoms with van der Waals surface area (Å²) in [6.45, 7) is 4.22. The van der Waals surface area contributed by atoms with Gasteiger partial charge in [0.1, 0.15) is 19.0 Å². The third-order valence-corrected chi connectivity index (χ3v) is 3.10. The summed E-state index contributed by atoms with van der Waals surface area (Å²) in [5, 5.41) is 3.30. The molecule has 0 aliphatic carbocycles. The molecule has 1 heterocycles. The van der Waals surface area contributed by atoms with Crippen LogP contribution < -0.4 is 10.1 Å². The molecule has 1 aromatic carbocycles. The van der Waals surface area contributed by atoms with Crippen molar-refractivity contribution in [3.05, 3.63) is 22.2 Å². The summed E-state index contributed by atoms with van der Waals surface area (Å²) in [6, 6.07) is 3.99. The van der Waals surface area contributed by atoms with E-state index in [0.717, 1.165) is 21.5 Å². The van der Waals surface area contributed by atoms with E-state index in [-0.39, 0.29) is 12.0 Å². The minimum absolute atomic E-state index is 0.00888. The third-order valence-electron chi connectivity index (χ3n) is 2.47. The van der Waals surface area contributed by atoms with E-state index in [2.05, 4.69) is 21.2 Å². The van der Waals surface area contributed by atoms with E-state index < -0.39 is 0 Å². The average molecular weight is 300 g/mol. The topological polar surface area (TPSA) is 47.6 Å². The molecule has 1 atom stereocenters. The van der Waals surface area contributed by atoms with Crippen LogP contribution in [0.5, 0.6) is 5.75 Å². The van der Waals surface area contributed by atoms with Crippen LogP contribution in [0.4, 0.5) is 5.69 Å². The summed E-state index contributed by atoms with van der Waals surface area (Å²) < 4.78 is 11.6. The highest BCUT2D eigenvalue weighted by Gasteiger charge is 2.22. The van der Waals surface area contributed by atoms with E-state index in [1.807, 2.05) is 19.1 Å². The summed E-state index contributed by atoms with van der Waals surface area (Å²) in [6.07, 6.45) is 0. The summed E-state index contributed by atoms with van der Waals surface area (Å²) >= 11 is 3.49. The Balaban J connectivity index is 2.10. The van der Waals surface area contributed by atoms with Gasteiger partial charge in [-0.3, -0.25) is 4.79 Å². The van der Waals surface area contributed by atoms with Gasteiger partial charge in [-0.2, -0.15) is 0 Å². The molecule has 1 aromatic rings. The zero-order valence-electron chi connectivity index (χ0n) is 9.75. The molecule has 1 aliphatic heterocycles. The standard InChI is InChI=1S/C12H14BrNO3/c1-7-3-10(13)12-11(4-7)17-6-9(14-12)5-16-8(2)15/h3-4,9,14H,5-6H2,1-2H3. The van der Waals surface area contributed by atoms with Crippen LogP contribution >= 0.6 is 15.9 Å². The van der Waals surface area contributed by atoms with Crippen molar-refractivity contribution in [1.29, 1.82) is 0 Å². The van der Waals surface area contributed by atoms with Crippen molar-refractivity contribution in [2.75, 3.05) is 18.5 Å². The molecule has 0 bridgehead atoms. The highest BCUT2D eigenvalue weighted by Crippen LogP contribution is 2.37. The zero-order valence-corrected chi connectivity index (χ0v) is 11.3. The van der Waals surface area contributed by atoms with Crippen molar-refractivity contribution in [1.82, 2.24) is 0 Å². The van der Waals surface area contributed by atoms with Crippen molar-refractivity contribution < 1.29 is 14.3 Å². The molecule has 0 amide bonds. The Morgan fingerprint density at radius 1 is 1.65 bits per heavy atom. The lowest BCUT2D eigenvalue weighted by molar-refractivity contribution is -0.141. The maximum atomic E-state index is 10.7. The van der Waals surface area contributed by atoms with Crippen molar-refractivity contribution in [3.8, 4) is 5.75 Å². The quantitative estimate of drug-likeness (QED) is 0.853. The molecule has 4 nitrogen and oxygen atoms in total. The highest BCUT2D eigenvalue weighted by atomic mass is 79.9. The lowest BCUT2D eigenvalue weighted by Gasteiger charge is -2.28. The Kier molecular flexibility index (Phi) is 3.57. The van der Waals surface area contributed by atoms with E-state index >= 15 is 0 Å². The second-order valence-electron chi connectivity index (χ2n) is 4.07. The Morgan fingerprint density at radius 2 is 2.41 bits per heavy atom. The van der Waals surface area contributed by atoms with E-state index in [9.17, 15) is 4.79 Å². The van der Waals surface area contributed by atoms with E-state index in [1.165, 1.54) is 6.92 Å². The van der Waals surface area contributed by atoms with Gasteiger partial charge in [-0.25, -0.2) is 0 Å². The number of aryl methyl sites for hydroxylation is 1. The number of hydrogen-bond donors (Lipinski definition) is 1. The van der Waals surface area contributed by atoms with Gasteiger partial charge < -0.3 is 14.8 Å². The van der Waals surface area contributed by atoms with Crippen LogP contribution in [0.3, 0.4) is 0 Å². The fraction of sp³-hybridized carbons (Fsp3) is 0.417. The largest absolute Gasteiger partial charge is 0.489 e. The Labute approximate surface area is 108 Å². The van der Waals surface area contributed by atoms with Gasteiger partial charge in [-0.05, 0) is 40.5 Å². The van der Waals surface area contributed by atoms with Crippen molar-refractivity contribution in [2.24, 2.45) is 0 Å². The van der Waals surface area contributed by atoms with Gasteiger partial charge in [-0.1, -0.05) is 0 Å². The lowest BCUT2D eigenvalue weighted by atomic mass is 10.1. The predicted octanol–water partition coefficient (Wildman–Crippen LogP) is 2.49. The number of ether oxygens (including phenoxy) is 2. The number of nitrogens with one attached hydrogen (secondary N) is 1. The van der Waals surface area contributed by atoms with Gasteiger partial charge in [0, 0.05) is 11.4 Å². The number of anilines is 1. The second kappa shape index (κ2) is 4.96. The molecule has 0 aromatic heterocycles. The minimum Gasteiger partial charge on any atom is -0.489 e. The summed E-state index contributed by atoms with van der Waals surface area (Å²) in [5.74, 6) is 0.552. The van der Waals surface area contributed by atoms with Gasteiger partial charge in [0.2, 0.25) is 0 Å². The molecule has 92 valence electrons. The number of carbonyl (C=O) groups is 1. The minimum atomic E-state index is -0.277. The van der Waals surface area contributed by atoms with Crippen LogP contribution in [-0.4, -0.2) is 25.2 Å². The molecule has 0 spiro atoms. The number of esters is 1. The first-order valence-corrected chi connectivity index (χ1v) is 6.18. The normalized spacial score (nSPS) is 17.7. The molecular weight excluding hydrogens is 286 g/mol. The fourth-order valence-electron chi connectivity index (χ4n) is 1.71. The molecule has 1 aliphatic rings. The highest BCUT2D eigenvalue weighted by molar-refractivity contribution is 9.10. The van der Waals surface area contributed by atoms with Gasteiger partial charge in [-0.15, -0.1) is 0 Å². The van der Waals surface area contributed by atoms with Crippen LogP contribution in [-0.2, 0) is 9.53 Å². The first-order valence-electron chi connectivity index (χ1n) is 5.39. The number of hydrogen-bond acceptors (Lipinski definition) is 4. The Morgan fingerprint density at radius 3 is 3.12 bits per heavy atom. The zero-order chi connectivity index (χ0) is 12.4. The number of carbonyl (C=O) groups excluding carboxylic acids is 1. The number of benzene rings is 1. The number of halogens is 1. The second-order valence-corrected chi connectivity index (χ2v) is 4.93. The smallest absolute Gasteiger partial charge is 0.302 e. The van der Waals surface area contributed by atoms with Crippen molar-refractivity contribution >= 4 is 27.6 Å². The first kappa shape index (κ1) is 12.2. The SMILES string of the molecule is CC(=O)OCC1COc2cc(C)cc(Br)c2N1. The van der Waals surface area contributed by atoms with Crippen LogP contribution in [0.2, 0.25) is 0 Å². The van der Waals surface area contributed by atoms with Gasteiger partial charge in [0.05, 0.1) is 11.7 Å². The summed E-state index contributed by atoms with van der Waals surface area (Å²) in [7, 11) is 0. The number of rotatable bonds is 2. The third kappa shape index (κ3) is 2.91. The van der Waals surface area contributed by atoms with Crippen molar-refractivity contribution in [2.45, 2.75) is 19.9 Å².